The topological polar surface area (TPSA) is 18.5 Å². The van der Waals surface area contributed by atoms with E-state index in [1.54, 1.807) is 0 Å². The minimum absolute atomic E-state index is 0.186. The average Bonchev–Trinajstić information content (AvgIpc) is 3.12. The van der Waals surface area contributed by atoms with Gasteiger partial charge in [-0.1, -0.05) is 6.58 Å². The molecule has 0 unspecified atom stereocenters. The van der Waals surface area contributed by atoms with Gasteiger partial charge in [-0.3, -0.25) is 4.90 Å². The predicted octanol–water partition coefficient (Wildman–Crippen LogP) is 1.96. The Morgan fingerprint density at radius 1 is 1.11 bits per heavy atom. The molecular weight excluding hydrogens is 234 g/mol. The lowest BCUT2D eigenvalue weighted by atomic mass is 10.1. The average molecular weight is 265 g/mol. The summed E-state index contributed by atoms with van der Waals surface area (Å²) in [6, 6.07) is 0. The summed E-state index contributed by atoms with van der Waals surface area (Å²) in [5.74, 6) is 1.03. The van der Waals surface area contributed by atoms with E-state index < -0.39 is 0 Å². The normalized spacial score (nSPS) is 22.7. The van der Waals surface area contributed by atoms with Crippen LogP contribution in [0.1, 0.15) is 33.6 Å². The van der Waals surface area contributed by atoms with Crippen LogP contribution >= 0.6 is 0 Å². The van der Waals surface area contributed by atoms with Gasteiger partial charge in [-0.05, 0) is 45.1 Å². The minimum Gasteiger partial charge on any atom is -0.308 e. The van der Waals surface area contributed by atoms with Crippen molar-refractivity contribution in [1.29, 1.82) is 0 Å². The SMILES string of the molecule is C=C(CNC(C)(C)C)CN1CCN(CC2CC2)CC1. The molecule has 0 atom stereocenters. The Bertz CT molecular complexity index is 294. The zero-order chi connectivity index (χ0) is 13.9. The lowest BCUT2D eigenvalue weighted by Gasteiger charge is -2.35. The third-order valence-corrected chi connectivity index (χ3v) is 3.99. The minimum atomic E-state index is 0.186. The number of rotatable bonds is 6. The van der Waals surface area contributed by atoms with Gasteiger partial charge in [0.25, 0.3) is 0 Å². The number of hydrogen-bond donors (Lipinski definition) is 1. The van der Waals surface area contributed by atoms with E-state index in [0.717, 1.165) is 19.0 Å². The third-order valence-electron chi connectivity index (χ3n) is 3.99. The molecule has 1 saturated carbocycles. The van der Waals surface area contributed by atoms with Crippen molar-refractivity contribution in [1.82, 2.24) is 15.1 Å². The van der Waals surface area contributed by atoms with Gasteiger partial charge >= 0.3 is 0 Å². The van der Waals surface area contributed by atoms with E-state index >= 15 is 0 Å². The summed E-state index contributed by atoms with van der Waals surface area (Å²) < 4.78 is 0. The Balaban J connectivity index is 1.60. The smallest absolute Gasteiger partial charge is 0.0203 e. The first-order chi connectivity index (χ1) is 8.92. The third kappa shape index (κ3) is 6.07. The molecule has 0 aromatic rings. The van der Waals surface area contributed by atoms with E-state index in [-0.39, 0.29) is 5.54 Å². The zero-order valence-electron chi connectivity index (χ0n) is 13.0. The fraction of sp³-hybridized carbons (Fsp3) is 0.875. The predicted molar refractivity (Wildman–Crippen MR) is 82.5 cm³/mol. The lowest BCUT2D eigenvalue weighted by Crippen LogP contribution is -2.48. The van der Waals surface area contributed by atoms with Gasteiger partial charge in [0, 0.05) is 51.4 Å². The molecule has 2 fully saturated rings. The molecule has 19 heavy (non-hydrogen) atoms. The molecule has 1 N–H and O–H groups in total. The highest BCUT2D eigenvalue weighted by atomic mass is 15.3. The van der Waals surface area contributed by atoms with Crippen molar-refractivity contribution in [3.05, 3.63) is 12.2 Å². The maximum absolute atomic E-state index is 4.21. The molecule has 110 valence electrons. The van der Waals surface area contributed by atoms with Gasteiger partial charge in [0.05, 0.1) is 0 Å². The highest BCUT2D eigenvalue weighted by molar-refractivity contribution is 5.01. The Hall–Kier alpha value is -0.380. The first kappa shape index (κ1) is 15.0. The molecule has 1 aliphatic heterocycles. The van der Waals surface area contributed by atoms with Crippen LogP contribution in [0.25, 0.3) is 0 Å². The van der Waals surface area contributed by atoms with Gasteiger partial charge in [0.2, 0.25) is 0 Å². The van der Waals surface area contributed by atoms with E-state index in [4.69, 9.17) is 0 Å². The highest BCUT2D eigenvalue weighted by Gasteiger charge is 2.26. The fourth-order valence-corrected chi connectivity index (χ4v) is 2.56. The van der Waals surface area contributed by atoms with E-state index in [2.05, 4.69) is 42.5 Å². The second-order valence-electron chi connectivity index (χ2n) is 7.37. The fourth-order valence-electron chi connectivity index (χ4n) is 2.56. The van der Waals surface area contributed by atoms with E-state index in [1.807, 2.05) is 0 Å². The maximum Gasteiger partial charge on any atom is 0.0203 e. The Labute approximate surface area is 119 Å². The molecule has 0 spiro atoms. The van der Waals surface area contributed by atoms with Crippen molar-refractivity contribution in [3.63, 3.8) is 0 Å². The summed E-state index contributed by atoms with van der Waals surface area (Å²) in [4.78, 5) is 5.19. The summed E-state index contributed by atoms with van der Waals surface area (Å²) in [6.45, 7) is 19.1. The summed E-state index contributed by atoms with van der Waals surface area (Å²) >= 11 is 0. The van der Waals surface area contributed by atoms with Crippen molar-refractivity contribution in [3.8, 4) is 0 Å². The zero-order valence-corrected chi connectivity index (χ0v) is 13.0. The van der Waals surface area contributed by atoms with Crippen molar-refractivity contribution in [2.24, 2.45) is 5.92 Å². The Kier molecular flexibility index (Phi) is 5.04. The second-order valence-corrected chi connectivity index (χ2v) is 7.37. The standard InChI is InChI=1S/C16H31N3/c1-14(11-17-16(2,3)4)12-18-7-9-19(10-8-18)13-15-5-6-15/h15,17H,1,5-13H2,2-4H3. The second kappa shape index (κ2) is 6.38. The van der Waals surface area contributed by atoms with Gasteiger partial charge in [-0.25, -0.2) is 0 Å². The van der Waals surface area contributed by atoms with Crippen molar-refractivity contribution < 1.29 is 0 Å². The molecule has 2 rings (SSSR count). The van der Waals surface area contributed by atoms with E-state index in [9.17, 15) is 0 Å². The van der Waals surface area contributed by atoms with E-state index in [1.165, 1.54) is 51.1 Å². The van der Waals surface area contributed by atoms with Crippen LogP contribution in [0.5, 0.6) is 0 Å². The van der Waals surface area contributed by atoms with Crippen LogP contribution in [0.15, 0.2) is 12.2 Å². The van der Waals surface area contributed by atoms with Gasteiger partial charge in [0.1, 0.15) is 0 Å². The number of piperazine rings is 1. The number of nitrogens with one attached hydrogen (secondary N) is 1. The first-order valence-corrected chi connectivity index (χ1v) is 7.79. The number of hydrogen-bond acceptors (Lipinski definition) is 3. The molecule has 0 aromatic heterocycles. The van der Waals surface area contributed by atoms with Crippen LogP contribution in [0, 0.1) is 5.92 Å². The highest BCUT2D eigenvalue weighted by Crippen LogP contribution is 2.29. The molecule has 3 heteroatoms. The Morgan fingerprint density at radius 2 is 1.68 bits per heavy atom. The van der Waals surface area contributed by atoms with Gasteiger partial charge in [0.15, 0.2) is 0 Å². The molecule has 0 amide bonds. The van der Waals surface area contributed by atoms with Crippen LogP contribution in [0.3, 0.4) is 0 Å². The summed E-state index contributed by atoms with van der Waals surface area (Å²) in [5, 5.41) is 3.52. The van der Waals surface area contributed by atoms with Gasteiger partial charge < -0.3 is 10.2 Å². The van der Waals surface area contributed by atoms with Gasteiger partial charge in [-0.2, -0.15) is 0 Å². The van der Waals surface area contributed by atoms with Crippen LogP contribution in [0.4, 0.5) is 0 Å². The summed E-state index contributed by atoms with van der Waals surface area (Å²) in [5.41, 5.74) is 1.50. The van der Waals surface area contributed by atoms with Gasteiger partial charge in [-0.15, -0.1) is 0 Å². The van der Waals surface area contributed by atoms with Crippen LogP contribution in [-0.2, 0) is 0 Å². The van der Waals surface area contributed by atoms with Crippen LogP contribution < -0.4 is 5.32 Å². The molecule has 3 nitrogen and oxygen atoms in total. The van der Waals surface area contributed by atoms with Crippen molar-refractivity contribution >= 4 is 0 Å². The van der Waals surface area contributed by atoms with Crippen LogP contribution in [0.2, 0.25) is 0 Å². The first-order valence-electron chi connectivity index (χ1n) is 7.79. The molecule has 0 bridgehead atoms. The van der Waals surface area contributed by atoms with Crippen molar-refractivity contribution in [2.45, 2.75) is 39.2 Å². The van der Waals surface area contributed by atoms with Crippen molar-refractivity contribution in [2.75, 3.05) is 45.8 Å². The lowest BCUT2D eigenvalue weighted by molar-refractivity contribution is 0.135. The molecule has 1 aliphatic carbocycles. The summed E-state index contributed by atoms with van der Waals surface area (Å²) in [7, 11) is 0. The summed E-state index contributed by atoms with van der Waals surface area (Å²) in [6.07, 6.45) is 2.94. The molecule has 0 radical (unpaired) electrons. The molecule has 0 aromatic carbocycles. The maximum atomic E-state index is 4.21. The molecule has 2 aliphatic rings. The number of nitrogens with zero attached hydrogens (tertiary/aromatic N) is 2. The Morgan fingerprint density at radius 3 is 2.21 bits per heavy atom. The molecular formula is C16H31N3. The largest absolute Gasteiger partial charge is 0.308 e. The molecule has 1 saturated heterocycles. The van der Waals surface area contributed by atoms with Crippen LogP contribution in [-0.4, -0.2) is 61.2 Å². The van der Waals surface area contributed by atoms with E-state index in [0.29, 0.717) is 0 Å². The quantitative estimate of drug-likeness (QED) is 0.741. The molecule has 1 heterocycles. The monoisotopic (exact) mass is 265 g/mol.